The lowest BCUT2D eigenvalue weighted by atomic mass is 9.89. The number of benzene rings is 3. The number of esters is 2. The number of aromatic nitrogens is 3. The molecule has 0 unspecified atom stereocenters. The number of hydrogen-bond acceptors (Lipinski definition) is 11. The predicted molar refractivity (Wildman–Crippen MR) is 194 cm³/mol. The molecular formula is C39H38F3N5O6S. The van der Waals surface area contributed by atoms with E-state index in [-0.39, 0.29) is 54.7 Å². The number of ether oxygens (including phenoxy) is 4. The largest absolute Gasteiger partial charge is 0.461 e. The maximum absolute atomic E-state index is 15.9. The minimum absolute atomic E-state index is 0.0901. The summed E-state index contributed by atoms with van der Waals surface area (Å²) >= 11 is 1.33. The second-order valence-electron chi connectivity index (χ2n) is 12.2. The van der Waals surface area contributed by atoms with Crippen LogP contribution in [0.25, 0.3) is 6.08 Å². The van der Waals surface area contributed by atoms with E-state index in [2.05, 4.69) is 15.4 Å². The van der Waals surface area contributed by atoms with Gasteiger partial charge in [-0.05, 0) is 50.4 Å². The van der Waals surface area contributed by atoms with Crippen molar-refractivity contribution in [3.05, 3.63) is 137 Å². The second kappa shape index (κ2) is 19.2. The number of allylic oxidation sites excluding steroid dienone is 2. The summed E-state index contributed by atoms with van der Waals surface area (Å²) in [5.41, 5.74) is -0.867. The number of carbonyl (C=O) groups is 2. The van der Waals surface area contributed by atoms with Gasteiger partial charge in [0.1, 0.15) is 36.7 Å². The van der Waals surface area contributed by atoms with Crippen LogP contribution in [0.4, 0.5) is 13.2 Å². The zero-order chi connectivity index (χ0) is 38.5. The summed E-state index contributed by atoms with van der Waals surface area (Å²) in [5, 5.41) is 15.0. The smallest absolute Gasteiger partial charge is 0.339 e. The summed E-state index contributed by atoms with van der Waals surface area (Å²) in [6.07, 6.45) is 8.59. The van der Waals surface area contributed by atoms with Gasteiger partial charge in [-0.3, -0.25) is 4.79 Å². The van der Waals surface area contributed by atoms with Gasteiger partial charge in [-0.1, -0.05) is 42.5 Å². The molecule has 5 rings (SSSR count). The van der Waals surface area contributed by atoms with Gasteiger partial charge in [0.15, 0.2) is 11.9 Å². The van der Waals surface area contributed by atoms with Crippen LogP contribution in [0.5, 0.6) is 0 Å². The molecular weight excluding hydrogens is 724 g/mol. The Bertz CT molecular complexity index is 2000. The second-order valence-corrected chi connectivity index (χ2v) is 13.8. The number of nitrogens with zero attached hydrogens (tertiary/aromatic N) is 4. The Hall–Kier alpha value is -5.27. The Morgan fingerprint density at radius 3 is 2.61 bits per heavy atom. The van der Waals surface area contributed by atoms with Gasteiger partial charge < -0.3 is 24.3 Å². The molecule has 0 radical (unpaired) electrons. The van der Waals surface area contributed by atoms with E-state index < -0.39 is 46.5 Å². The number of thioether (sulfide) groups is 1. The first kappa shape index (κ1) is 39.9. The van der Waals surface area contributed by atoms with Gasteiger partial charge in [0.2, 0.25) is 0 Å². The van der Waals surface area contributed by atoms with Gasteiger partial charge in [-0.2, -0.15) is 10.4 Å². The molecule has 1 fully saturated rings. The van der Waals surface area contributed by atoms with Gasteiger partial charge >= 0.3 is 11.9 Å². The Morgan fingerprint density at radius 1 is 1.11 bits per heavy atom. The first-order valence-corrected chi connectivity index (χ1v) is 17.9. The molecule has 4 aromatic rings. The van der Waals surface area contributed by atoms with Crippen LogP contribution in [-0.4, -0.2) is 70.3 Å². The lowest BCUT2D eigenvalue weighted by Gasteiger charge is -2.40. The van der Waals surface area contributed by atoms with E-state index in [4.69, 9.17) is 24.2 Å². The Labute approximate surface area is 314 Å². The zero-order valence-corrected chi connectivity index (χ0v) is 30.3. The van der Waals surface area contributed by atoms with Gasteiger partial charge in [0, 0.05) is 34.6 Å². The highest BCUT2D eigenvalue weighted by atomic mass is 32.2. The lowest BCUT2D eigenvalue weighted by Crippen LogP contribution is -2.47. The molecule has 15 heteroatoms. The molecule has 54 heavy (non-hydrogen) atoms. The quantitative estimate of drug-likeness (QED) is 0.105. The van der Waals surface area contributed by atoms with E-state index in [0.717, 1.165) is 18.2 Å². The van der Waals surface area contributed by atoms with Crippen LogP contribution in [0.3, 0.4) is 0 Å². The molecule has 0 saturated carbocycles. The third-order valence-corrected chi connectivity index (χ3v) is 9.91. The summed E-state index contributed by atoms with van der Waals surface area (Å²) < 4.78 is 69.4. The molecule has 1 aromatic heterocycles. The molecule has 11 nitrogen and oxygen atoms in total. The summed E-state index contributed by atoms with van der Waals surface area (Å²) in [6.45, 7) is 2.20. The molecule has 1 aliphatic rings. The molecule has 2 atom stereocenters. The van der Waals surface area contributed by atoms with Crippen LogP contribution in [0.15, 0.2) is 91.5 Å². The van der Waals surface area contributed by atoms with E-state index in [1.807, 2.05) is 6.07 Å². The van der Waals surface area contributed by atoms with Crippen LogP contribution in [-0.2, 0) is 42.5 Å². The highest BCUT2D eigenvalue weighted by Crippen LogP contribution is 2.42. The number of nitrogens with one attached hydrogen (secondary N) is 1. The van der Waals surface area contributed by atoms with Crippen molar-refractivity contribution in [1.29, 1.82) is 5.26 Å². The molecule has 0 amide bonds. The van der Waals surface area contributed by atoms with Crippen LogP contribution in [0.1, 0.15) is 46.0 Å². The fourth-order valence-corrected chi connectivity index (χ4v) is 7.01. The van der Waals surface area contributed by atoms with Crippen LogP contribution < -0.4 is 5.32 Å². The molecule has 282 valence electrons. The van der Waals surface area contributed by atoms with Crippen molar-refractivity contribution in [2.75, 3.05) is 26.8 Å². The summed E-state index contributed by atoms with van der Waals surface area (Å²) in [5.74, 6) is -3.56. The summed E-state index contributed by atoms with van der Waals surface area (Å²) in [7, 11) is 1.71. The minimum Gasteiger partial charge on any atom is -0.461 e. The maximum atomic E-state index is 15.9. The standard InChI is InChI=1S/C39H38F3N5O6S/c1-26(54-31-21-51-37(52-22-31)10-6-4-7-28-12-11-27(19-43)17-34(28)41)39(23-47-25-45-24-46-47,33-14-13-30(40)18-35(33)42)53-38(49)32-9-5-3-8-29(32)20-50-36(48)15-16-44-2/h3-14,17-18,24-26,31,37,44H,15-16,20-23H2,1-2H3/t26-,31?,37?,39-/m1/s1. The average molecular weight is 762 g/mol. The van der Waals surface area contributed by atoms with E-state index in [1.54, 1.807) is 56.5 Å². The van der Waals surface area contributed by atoms with E-state index in [0.29, 0.717) is 17.7 Å². The van der Waals surface area contributed by atoms with Crippen molar-refractivity contribution >= 4 is 29.8 Å². The third kappa shape index (κ3) is 10.4. The average Bonchev–Trinajstić information content (AvgIpc) is 3.68. The van der Waals surface area contributed by atoms with Crippen molar-refractivity contribution in [3.63, 3.8) is 0 Å². The van der Waals surface area contributed by atoms with Crippen molar-refractivity contribution in [1.82, 2.24) is 20.1 Å². The van der Waals surface area contributed by atoms with Crippen molar-refractivity contribution in [3.8, 4) is 6.07 Å². The van der Waals surface area contributed by atoms with Crippen LogP contribution >= 0.6 is 11.8 Å². The van der Waals surface area contributed by atoms with E-state index in [1.165, 1.54) is 53.4 Å². The van der Waals surface area contributed by atoms with Crippen LogP contribution in [0.2, 0.25) is 0 Å². The number of carbonyl (C=O) groups excluding carboxylic acids is 2. The summed E-state index contributed by atoms with van der Waals surface area (Å²) in [6, 6.07) is 15.6. The highest BCUT2D eigenvalue weighted by Gasteiger charge is 2.47. The Balaban J connectivity index is 1.36. The monoisotopic (exact) mass is 761 g/mol. The van der Waals surface area contributed by atoms with Crippen LogP contribution in [0, 0.1) is 28.8 Å². The number of nitriles is 1. The topological polar surface area (TPSA) is 138 Å². The first-order valence-electron chi connectivity index (χ1n) is 16.9. The van der Waals surface area contributed by atoms with E-state index in [9.17, 15) is 18.4 Å². The molecule has 0 bridgehead atoms. The van der Waals surface area contributed by atoms with Gasteiger partial charge in [-0.25, -0.2) is 27.6 Å². The molecule has 0 spiro atoms. The van der Waals surface area contributed by atoms with E-state index >= 15 is 4.39 Å². The highest BCUT2D eigenvalue weighted by molar-refractivity contribution is 8.00. The number of hydrogen-bond donors (Lipinski definition) is 1. The normalized spacial score (nSPS) is 17.6. The minimum atomic E-state index is -1.79. The van der Waals surface area contributed by atoms with Gasteiger partial charge in [-0.15, -0.1) is 11.8 Å². The Morgan fingerprint density at radius 2 is 1.91 bits per heavy atom. The maximum Gasteiger partial charge on any atom is 0.339 e. The lowest BCUT2D eigenvalue weighted by molar-refractivity contribution is -0.146. The predicted octanol–water partition coefficient (Wildman–Crippen LogP) is 6.11. The van der Waals surface area contributed by atoms with Gasteiger partial charge in [0.05, 0.1) is 48.6 Å². The summed E-state index contributed by atoms with van der Waals surface area (Å²) in [4.78, 5) is 30.4. The number of halogens is 3. The van der Waals surface area contributed by atoms with Crippen molar-refractivity contribution < 1.29 is 41.7 Å². The fraction of sp³-hybridized carbons (Fsp3) is 0.308. The molecule has 2 heterocycles. The molecule has 3 aromatic carbocycles. The molecule has 0 aliphatic carbocycles. The molecule has 1 N–H and O–H groups in total. The first-order chi connectivity index (χ1) is 26.1. The Kier molecular flexibility index (Phi) is 14.2. The van der Waals surface area contributed by atoms with Crippen molar-refractivity contribution in [2.24, 2.45) is 0 Å². The van der Waals surface area contributed by atoms with Gasteiger partial charge in [0.25, 0.3) is 0 Å². The zero-order valence-electron chi connectivity index (χ0n) is 29.5. The molecule has 1 aliphatic heterocycles. The fourth-order valence-electron chi connectivity index (χ4n) is 5.65. The van der Waals surface area contributed by atoms with Crippen molar-refractivity contribution in [2.45, 2.75) is 48.9 Å². The molecule has 1 saturated heterocycles. The third-order valence-electron chi connectivity index (χ3n) is 8.46. The SMILES string of the molecule is CNCCC(=O)OCc1ccccc1C(=O)O[C@@](Cn1cncn1)(c1ccc(F)cc1F)[C@@H](C)SC1COC(C=CC=Cc2ccc(C#N)cc2F)OC1. The number of rotatable bonds is 16.